The minimum Gasteiger partial charge on any atom is -0.497 e. The molecule has 0 saturated carbocycles. The van der Waals surface area contributed by atoms with Gasteiger partial charge in [-0.05, 0) is 38.2 Å². The fourth-order valence-electron chi connectivity index (χ4n) is 1.94. The molecule has 2 rings (SSSR count). The smallest absolute Gasteiger partial charge is 0.497 e. The fourth-order valence-corrected chi connectivity index (χ4v) is 2.91. The first-order valence-corrected chi connectivity index (χ1v) is 7.36. The number of benzene rings is 2. The van der Waals surface area contributed by atoms with Crippen LogP contribution in [0.15, 0.2) is 42.5 Å². The Morgan fingerprint density at radius 2 is 1.41 bits per heavy atom. The Hall–Kier alpha value is -1.46. The maximum Gasteiger partial charge on any atom is 1.00 e. The van der Waals surface area contributed by atoms with Gasteiger partial charge >= 0.3 is 18.9 Å². The van der Waals surface area contributed by atoms with E-state index in [2.05, 4.69) is 0 Å². The van der Waals surface area contributed by atoms with Gasteiger partial charge in [0.2, 0.25) is 0 Å². The molecule has 0 N–H and O–H groups in total. The molecule has 1 atom stereocenters. The van der Waals surface area contributed by atoms with Crippen molar-refractivity contribution in [2.75, 3.05) is 21.3 Å². The molecule has 0 bridgehead atoms. The molecule has 1 unspecified atom stereocenters. The second-order valence-corrected chi connectivity index (χ2v) is 5.50. The third kappa shape index (κ3) is 4.27. The zero-order valence-corrected chi connectivity index (χ0v) is 14.2. The van der Waals surface area contributed by atoms with Crippen LogP contribution < -0.4 is 38.4 Å². The standard InChI is InChI=1S/C16H17O4P.Li/c1-18-11-7-9-12(10-8-11)21-16(17)15-13(19-2)5-4-6-14(15)20-3;/h4-10,21H,1-3H3;/q;+1. The molecule has 110 valence electrons. The van der Waals surface area contributed by atoms with Gasteiger partial charge in [-0.1, -0.05) is 18.2 Å². The summed E-state index contributed by atoms with van der Waals surface area (Å²) < 4.78 is 15.6. The van der Waals surface area contributed by atoms with Crippen LogP contribution in [0.3, 0.4) is 0 Å². The molecule has 0 aliphatic rings. The van der Waals surface area contributed by atoms with E-state index in [1.54, 1.807) is 39.5 Å². The maximum absolute atomic E-state index is 12.5. The summed E-state index contributed by atoms with van der Waals surface area (Å²) in [5.41, 5.74) is 0.464. The van der Waals surface area contributed by atoms with Crippen LogP contribution in [0.4, 0.5) is 0 Å². The van der Waals surface area contributed by atoms with E-state index >= 15 is 0 Å². The summed E-state index contributed by atoms with van der Waals surface area (Å²) in [5, 5.41) is 0.939. The molecule has 2 aromatic carbocycles. The van der Waals surface area contributed by atoms with Crippen LogP contribution in [0.2, 0.25) is 0 Å². The summed E-state index contributed by atoms with van der Waals surface area (Å²) >= 11 is 0. The van der Waals surface area contributed by atoms with Gasteiger partial charge in [-0.2, -0.15) is 0 Å². The number of ether oxygens (including phenoxy) is 3. The van der Waals surface area contributed by atoms with Crippen LogP contribution in [0.5, 0.6) is 17.2 Å². The summed E-state index contributed by atoms with van der Waals surface area (Å²) in [6.45, 7) is 0. The van der Waals surface area contributed by atoms with Crippen molar-refractivity contribution in [2.24, 2.45) is 0 Å². The third-order valence-corrected chi connectivity index (χ3v) is 4.10. The van der Waals surface area contributed by atoms with Gasteiger partial charge in [-0.15, -0.1) is 0 Å². The molecular weight excluding hydrogens is 294 g/mol. The van der Waals surface area contributed by atoms with Gasteiger partial charge in [0.05, 0.1) is 21.3 Å². The molecule has 0 saturated heterocycles. The van der Waals surface area contributed by atoms with Crippen molar-refractivity contribution < 1.29 is 37.9 Å². The van der Waals surface area contributed by atoms with E-state index in [9.17, 15) is 4.79 Å². The number of carbonyl (C=O) groups excluding carboxylic acids is 1. The van der Waals surface area contributed by atoms with E-state index in [1.807, 2.05) is 24.3 Å². The van der Waals surface area contributed by atoms with E-state index < -0.39 is 0 Å². The first-order chi connectivity index (χ1) is 10.2. The van der Waals surface area contributed by atoms with E-state index in [1.165, 1.54) is 0 Å². The molecule has 0 radical (unpaired) electrons. The van der Waals surface area contributed by atoms with Crippen LogP contribution in [-0.2, 0) is 0 Å². The first-order valence-electron chi connectivity index (χ1n) is 6.36. The average molecular weight is 311 g/mol. The maximum atomic E-state index is 12.5. The van der Waals surface area contributed by atoms with Gasteiger partial charge in [0, 0.05) is 0 Å². The molecule has 0 fully saturated rings. The normalized spacial score (nSPS) is 10.1. The molecule has 0 aliphatic heterocycles. The fraction of sp³-hybridized carbons (Fsp3) is 0.188. The number of hydrogen-bond donors (Lipinski definition) is 0. The van der Waals surface area contributed by atoms with Crippen molar-refractivity contribution in [3.05, 3.63) is 48.0 Å². The molecule has 22 heavy (non-hydrogen) atoms. The van der Waals surface area contributed by atoms with Crippen molar-refractivity contribution >= 4 is 19.4 Å². The summed E-state index contributed by atoms with van der Waals surface area (Å²) in [4.78, 5) is 12.5. The SMILES string of the molecule is COc1ccc(PC(=O)c2c(OC)cccc2OC)cc1.[Li+]. The van der Waals surface area contributed by atoms with Crippen molar-refractivity contribution in [2.45, 2.75) is 0 Å². The molecule has 2 aromatic rings. The number of hydrogen-bond acceptors (Lipinski definition) is 4. The number of rotatable bonds is 6. The predicted molar refractivity (Wildman–Crippen MR) is 84.8 cm³/mol. The summed E-state index contributed by atoms with van der Waals surface area (Å²) in [7, 11) is 4.70. The zero-order chi connectivity index (χ0) is 15.2. The Balaban J connectivity index is 0.00000242. The summed E-state index contributed by atoms with van der Waals surface area (Å²) in [6, 6.07) is 12.8. The Morgan fingerprint density at radius 3 is 1.86 bits per heavy atom. The molecule has 0 aliphatic carbocycles. The van der Waals surface area contributed by atoms with Crippen molar-refractivity contribution in [1.82, 2.24) is 0 Å². The van der Waals surface area contributed by atoms with Crippen LogP contribution in [0, 0.1) is 0 Å². The molecular formula is C16H17LiO4P+. The Kier molecular flexibility index (Phi) is 7.48. The van der Waals surface area contributed by atoms with Crippen LogP contribution in [0.1, 0.15) is 10.4 Å². The van der Waals surface area contributed by atoms with Gasteiger partial charge in [-0.25, -0.2) is 0 Å². The minimum absolute atomic E-state index is 0. The van der Waals surface area contributed by atoms with Crippen molar-refractivity contribution in [1.29, 1.82) is 0 Å². The van der Waals surface area contributed by atoms with Gasteiger partial charge in [0.15, 0.2) is 5.52 Å². The van der Waals surface area contributed by atoms with Crippen molar-refractivity contribution in [3.63, 3.8) is 0 Å². The molecule has 0 spiro atoms. The summed E-state index contributed by atoms with van der Waals surface area (Å²) in [6.07, 6.45) is 0. The van der Waals surface area contributed by atoms with Gasteiger partial charge in [-0.3, -0.25) is 4.79 Å². The van der Waals surface area contributed by atoms with Gasteiger partial charge in [0.1, 0.15) is 22.8 Å². The Labute approximate surface area is 144 Å². The largest absolute Gasteiger partial charge is 1.00 e. The molecule has 0 aromatic heterocycles. The first kappa shape index (κ1) is 18.6. The molecule has 0 amide bonds. The Bertz CT molecular complexity index is 606. The number of carbonyl (C=O) groups is 1. The van der Waals surface area contributed by atoms with Crippen LogP contribution in [0.25, 0.3) is 0 Å². The van der Waals surface area contributed by atoms with Gasteiger partial charge in [0.25, 0.3) is 0 Å². The molecule has 4 nitrogen and oxygen atoms in total. The topological polar surface area (TPSA) is 44.8 Å². The van der Waals surface area contributed by atoms with Gasteiger partial charge < -0.3 is 14.2 Å². The molecule has 6 heteroatoms. The minimum atomic E-state index is -0.0190. The predicted octanol–water partition coefficient (Wildman–Crippen LogP) is -0.139. The van der Waals surface area contributed by atoms with E-state index in [0.717, 1.165) is 11.1 Å². The van der Waals surface area contributed by atoms with E-state index in [-0.39, 0.29) is 33.0 Å². The summed E-state index contributed by atoms with van der Waals surface area (Å²) in [5.74, 6) is 1.83. The Morgan fingerprint density at radius 1 is 0.864 bits per heavy atom. The average Bonchev–Trinajstić information content (AvgIpc) is 2.54. The zero-order valence-electron chi connectivity index (χ0n) is 13.2. The van der Waals surface area contributed by atoms with E-state index in [4.69, 9.17) is 14.2 Å². The third-order valence-electron chi connectivity index (χ3n) is 3.00. The quantitative estimate of drug-likeness (QED) is 0.550. The van der Waals surface area contributed by atoms with Crippen LogP contribution in [-0.4, -0.2) is 26.9 Å². The second-order valence-electron chi connectivity index (χ2n) is 4.22. The second kappa shape index (κ2) is 8.85. The van der Waals surface area contributed by atoms with Crippen molar-refractivity contribution in [3.8, 4) is 17.2 Å². The molecule has 0 heterocycles. The number of methoxy groups -OCH3 is 3. The van der Waals surface area contributed by atoms with E-state index in [0.29, 0.717) is 17.1 Å². The van der Waals surface area contributed by atoms with Crippen LogP contribution >= 0.6 is 8.58 Å². The monoisotopic (exact) mass is 311 g/mol.